The second kappa shape index (κ2) is 6.64. The monoisotopic (exact) mass is 362 g/mol. The quantitative estimate of drug-likeness (QED) is 0.728. The molecule has 0 bridgehead atoms. The van der Waals surface area contributed by atoms with E-state index in [0.717, 1.165) is 6.42 Å². The molecule has 0 aliphatic rings. The highest BCUT2D eigenvalue weighted by atomic mass is 32.2. The molecule has 0 saturated carbocycles. The number of nitrogens with one attached hydrogen (secondary N) is 1. The third-order valence-electron chi connectivity index (χ3n) is 3.74. The minimum Gasteiger partial charge on any atom is -0.497 e. The molecule has 7 nitrogen and oxygen atoms in total. The van der Waals surface area contributed by atoms with Crippen molar-refractivity contribution >= 4 is 26.8 Å². The minimum atomic E-state index is -3.75. The van der Waals surface area contributed by atoms with Gasteiger partial charge in [-0.15, -0.1) is 0 Å². The van der Waals surface area contributed by atoms with E-state index in [1.165, 1.54) is 29.9 Å². The van der Waals surface area contributed by atoms with Crippen LogP contribution < -0.4 is 15.2 Å². The lowest BCUT2D eigenvalue weighted by atomic mass is 10.3. The Labute approximate surface area is 144 Å². The fourth-order valence-corrected chi connectivity index (χ4v) is 3.58. The van der Waals surface area contributed by atoms with E-state index in [-0.39, 0.29) is 4.90 Å². The van der Waals surface area contributed by atoms with Gasteiger partial charge in [-0.1, -0.05) is 6.92 Å². The summed E-state index contributed by atoms with van der Waals surface area (Å²) in [5, 5.41) is 0. The lowest BCUT2D eigenvalue weighted by Crippen LogP contribution is -2.13. The molecule has 8 heteroatoms. The Morgan fingerprint density at radius 2 is 1.88 bits per heavy atom. The number of aromatic nitrogens is 1. The number of rotatable bonds is 6. The van der Waals surface area contributed by atoms with Gasteiger partial charge in [-0.25, -0.2) is 13.2 Å². The molecule has 0 radical (unpaired) electrons. The standard InChI is InChI=1S/C17H18N2O5S/c1-3-10-19-15-9-4-12(11-16(15)24-17(19)20)18-25(21,22)14-7-5-13(23-2)6-8-14/h4-9,11,18H,3,10H2,1-2H3. The van der Waals surface area contributed by atoms with Crippen LogP contribution in [0.3, 0.4) is 0 Å². The number of ether oxygens (including phenoxy) is 1. The minimum absolute atomic E-state index is 0.110. The van der Waals surface area contributed by atoms with Crippen molar-refractivity contribution < 1.29 is 17.6 Å². The number of nitrogens with zero attached hydrogens (tertiary/aromatic N) is 1. The van der Waals surface area contributed by atoms with E-state index >= 15 is 0 Å². The van der Waals surface area contributed by atoms with Gasteiger partial charge in [-0.3, -0.25) is 9.29 Å². The largest absolute Gasteiger partial charge is 0.497 e. The summed E-state index contributed by atoms with van der Waals surface area (Å²) in [6.45, 7) is 2.51. The molecule has 25 heavy (non-hydrogen) atoms. The van der Waals surface area contributed by atoms with E-state index in [1.54, 1.807) is 24.3 Å². The Morgan fingerprint density at radius 3 is 2.52 bits per heavy atom. The third kappa shape index (κ3) is 3.39. The maximum Gasteiger partial charge on any atom is 0.419 e. The maximum atomic E-state index is 12.5. The van der Waals surface area contributed by atoms with Gasteiger partial charge in [0, 0.05) is 12.6 Å². The number of fused-ring (bicyclic) bond motifs is 1. The second-order valence-corrected chi connectivity index (χ2v) is 7.17. The molecule has 1 aromatic heterocycles. The molecule has 1 heterocycles. The van der Waals surface area contributed by atoms with Crippen molar-refractivity contribution in [3.8, 4) is 5.75 Å². The van der Waals surface area contributed by atoms with Gasteiger partial charge in [0.2, 0.25) is 0 Å². The van der Waals surface area contributed by atoms with E-state index in [0.29, 0.717) is 29.1 Å². The lowest BCUT2D eigenvalue weighted by molar-refractivity contribution is 0.414. The van der Waals surface area contributed by atoms with Crippen LogP contribution in [0.2, 0.25) is 0 Å². The molecule has 3 aromatic rings. The average molecular weight is 362 g/mol. The van der Waals surface area contributed by atoms with Crippen molar-refractivity contribution in [1.82, 2.24) is 4.57 Å². The van der Waals surface area contributed by atoms with Crippen molar-refractivity contribution in [2.75, 3.05) is 11.8 Å². The highest BCUT2D eigenvalue weighted by molar-refractivity contribution is 7.92. The van der Waals surface area contributed by atoms with Crippen LogP contribution in [0.4, 0.5) is 5.69 Å². The molecule has 0 atom stereocenters. The summed E-state index contributed by atoms with van der Waals surface area (Å²) in [6.07, 6.45) is 0.792. The predicted octanol–water partition coefficient (Wildman–Crippen LogP) is 2.81. The summed E-state index contributed by atoms with van der Waals surface area (Å²) >= 11 is 0. The van der Waals surface area contributed by atoms with Gasteiger partial charge in [0.05, 0.1) is 23.2 Å². The second-order valence-electron chi connectivity index (χ2n) is 5.48. The van der Waals surface area contributed by atoms with E-state index in [2.05, 4.69) is 4.72 Å². The molecular weight excluding hydrogens is 344 g/mol. The van der Waals surface area contributed by atoms with Gasteiger partial charge < -0.3 is 9.15 Å². The van der Waals surface area contributed by atoms with Gasteiger partial charge in [-0.05, 0) is 42.8 Å². The van der Waals surface area contributed by atoms with Gasteiger partial charge in [-0.2, -0.15) is 0 Å². The molecule has 0 amide bonds. The predicted molar refractivity (Wildman–Crippen MR) is 94.6 cm³/mol. The van der Waals surface area contributed by atoms with Crippen LogP contribution >= 0.6 is 0 Å². The van der Waals surface area contributed by atoms with Gasteiger partial charge in [0.15, 0.2) is 5.58 Å². The summed E-state index contributed by atoms with van der Waals surface area (Å²) < 4.78 is 39.2. The Kier molecular flexibility index (Phi) is 4.54. The van der Waals surface area contributed by atoms with Gasteiger partial charge >= 0.3 is 5.76 Å². The van der Waals surface area contributed by atoms with Gasteiger partial charge in [0.1, 0.15) is 5.75 Å². The fraction of sp³-hybridized carbons (Fsp3) is 0.235. The summed E-state index contributed by atoms with van der Waals surface area (Å²) in [6, 6.07) is 10.8. The molecule has 2 aromatic carbocycles. The molecule has 0 aliphatic carbocycles. The van der Waals surface area contributed by atoms with Crippen LogP contribution in [-0.4, -0.2) is 20.1 Å². The fourth-order valence-electron chi connectivity index (χ4n) is 2.53. The number of sulfonamides is 1. The van der Waals surface area contributed by atoms with Crippen LogP contribution in [-0.2, 0) is 16.6 Å². The van der Waals surface area contributed by atoms with Crippen LogP contribution in [0.25, 0.3) is 11.1 Å². The lowest BCUT2D eigenvalue weighted by Gasteiger charge is -2.09. The highest BCUT2D eigenvalue weighted by Gasteiger charge is 2.16. The Morgan fingerprint density at radius 1 is 1.16 bits per heavy atom. The molecular formula is C17H18N2O5S. The smallest absolute Gasteiger partial charge is 0.419 e. The van der Waals surface area contributed by atoms with Crippen molar-refractivity contribution in [2.45, 2.75) is 24.8 Å². The van der Waals surface area contributed by atoms with Crippen LogP contribution in [0.5, 0.6) is 5.75 Å². The first-order chi connectivity index (χ1) is 11.9. The number of methoxy groups -OCH3 is 1. The number of oxazole rings is 1. The summed E-state index contributed by atoms with van der Waals surface area (Å²) in [5.74, 6) is 0.117. The van der Waals surface area contributed by atoms with E-state index in [1.807, 2.05) is 6.92 Å². The zero-order chi connectivity index (χ0) is 18.0. The number of hydrogen-bond acceptors (Lipinski definition) is 5. The molecule has 0 aliphatic heterocycles. The average Bonchev–Trinajstić information content (AvgIpc) is 2.90. The molecule has 0 unspecified atom stereocenters. The Hall–Kier alpha value is -2.74. The summed E-state index contributed by atoms with van der Waals surface area (Å²) in [4.78, 5) is 12.0. The third-order valence-corrected chi connectivity index (χ3v) is 5.13. The maximum absolute atomic E-state index is 12.5. The molecule has 1 N–H and O–H groups in total. The molecule has 0 saturated heterocycles. The highest BCUT2D eigenvalue weighted by Crippen LogP contribution is 2.22. The normalized spacial score (nSPS) is 11.6. The van der Waals surface area contributed by atoms with E-state index < -0.39 is 15.8 Å². The SMILES string of the molecule is CCCn1c(=O)oc2cc(NS(=O)(=O)c3ccc(OC)cc3)ccc21. The first-order valence-electron chi connectivity index (χ1n) is 7.75. The Bertz CT molecular complexity index is 1050. The van der Waals surface area contributed by atoms with Crippen LogP contribution in [0.1, 0.15) is 13.3 Å². The van der Waals surface area contributed by atoms with Crippen molar-refractivity contribution in [3.63, 3.8) is 0 Å². The number of aryl methyl sites for hydroxylation is 1. The van der Waals surface area contributed by atoms with Crippen molar-refractivity contribution in [1.29, 1.82) is 0 Å². The van der Waals surface area contributed by atoms with Gasteiger partial charge in [0.25, 0.3) is 10.0 Å². The van der Waals surface area contributed by atoms with Crippen molar-refractivity contribution in [3.05, 3.63) is 53.0 Å². The zero-order valence-corrected chi connectivity index (χ0v) is 14.7. The summed E-state index contributed by atoms with van der Waals surface area (Å²) in [7, 11) is -2.24. The first kappa shape index (κ1) is 17.1. The number of hydrogen-bond donors (Lipinski definition) is 1. The van der Waals surface area contributed by atoms with E-state index in [9.17, 15) is 13.2 Å². The van der Waals surface area contributed by atoms with E-state index in [4.69, 9.17) is 9.15 Å². The molecule has 3 rings (SSSR count). The Balaban J connectivity index is 1.92. The summed E-state index contributed by atoms with van der Waals surface area (Å²) in [5.41, 5.74) is 1.30. The zero-order valence-electron chi connectivity index (χ0n) is 13.9. The molecule has 132 valence electrons. The topological polar surface area (TPSA) is 90.5 Å². The van der Waals surface area contributed by atoms with Crippen molar-refractivity contribution in [2.24, 2.45) is 0 Å². The van der Waals surface area contributed by atoms with Crippen LogP contribution in [0, 0.1) is 0 Å². The first-order valence-corrected chi connectivity index (χ1v) is 9.23. The molecule has 0 spiro atoms. The van der Waals surface area contributed by atoms with Crippen LogP contribution in [0.15, 0.2) is 56.6 Å². The number of anilines is 1. The number of benzene rings is 2. The molecule has 0 fully saturated rings.